The molecule has 0 radical (unpaired) electrons. The molecule has 0 unspecified atom stereocenters. The highest BCUT2D eigenvalue weighted by Gasteiger charge is 2.09. The number of hydrogen-bond donors (Lipinski definition) is 2. The SMILES string of the molecule is CC(C)(C)Nc1ccccc1N. The van der Waals surface area contributed by atoms with Crippen molar-refractivity contribution in [2.24, 2.45) is 0 Å². The first-order valence-electron chi connectivity index (χ1n) is 4.12. The summed E-state index contributed by atoms with van der Waals surface area (Å²) in [4.78, 5) is 0. The minimum absolute atomic E-state index is 0.0650. The van der Waals surface area contributed by atoms with E-state index in [0.717, 1.165) is 11.4 Å². The summed E-state index contributed by atoms with van der Waals surface area (Å²) >= 11 is 0. The monoisotopic (exact) mass is 164 g/mol. The van der Waals surface area contributed by atoms with E-state index in [1.54, 1.807) is 0 Å². The summed E-state index contributed by atoms with van der Waals surface area (Å²) in [6.07, 6.45) is 0. The second-order valence-electron chi connectivity index (χ2n) is 3.96. The molecule has 0 fully saturated rings. The summed E-state index contributed by atoms with van der Waals surface area (Å²) in [5, 5.41) is 3.32. The Morgan fingerprint density at radius 3 is 2.25 bits per heavy atom. The molecule has 1 rings (SSSR count). The van der Waals surface area contributed by atoms with E-state index in [-0.39, 0.29) is 5.54 Å². The average Bonchev–Trinajstić information content (AvgIpc) is 1.91. The van der Waals surface area contributed by atoms with Crippen LogP contribution in [0.15, 0.2) is 24.3 Å². The van der Waals surface area contributed by atoms with Crippen LogP contribution in [-0.4, -0.2) is 5.54 Å². The van der Waals surface area contributed by atoms with Gasteiger partial charge >= 0.3 is 0 Å². The molecule has 0 aliphatic heterocycles. The number of para-hydroxylation sites is 2. The van der Waals surface area contributed by atoms with Crippen molar-refractivity contribution in [2.75, 3.05) is 11.1 Å². The van der Waals surface area contributed by atoms with Crippen molar-refractivity contribution in [3.63, 3.8) is 0 Å². The predicted octanol–water partition coefficient (Wildman–Crippen LogP) is 2.48. The third-order valence-corrected chi connectivity index (χ3v) is 1.47. The van der Waals surface area contributed by atoms with Crippen LogP contribution in [0, 0.1) is 0 Å². The topological polar surface area (TPSA) is 38.0 Å². The van der Waals surface area contributed by atoms with E-state index in [9.17, 15) is 0 Å². The molecule has 0 aliphatic rings. The zero-order valence-electron chi connectivity index (χ0n) is 7.89. The fourth-order valence-electron chi connectivity index (χ4n) is 1.01. The van der Waals surface area contributed by atoms with Crippen LogP contribution < -0.4 is 11.1 Å². The summed E-state index contributed by atoms with van der Waals surface area (Å²) in [6, 6.07) is 7.79. The van der Waals surface area contributed by atoms with Crippen LogP contribution >= 0.6 is 0 Å². The van der Waals surface area contributed by atoms with Crippen molar-refractivity contribution in [3.05, 3.63) is 24.3 Å². The van der Waals surface area contributed by atoms with E-state index in [0.29, 0.717) is 0 Å². The quantitative estimate of drug-likeness (QED) is 0.626. The molecule has 0 saturated heterocycles. The summed E-state index contributed by atoms with van der Waals surface area (Å²) in [6.45, 7) is 6.33. The molecule has 3 N–H and O–H groups in total. The van der Waals surface area contributed by atoms with Gasteiger partial charge in [-0.05, 0) is 32.9 Å². The predicted molar refractivity (Wildman–Crippen MR) is 54.2 cm³/mol. The van der Waals surface area contributed by atoms with E-state index < -0.39 is 0 Å². The van der Waals surface area contributed by atoms with Gasteiger partial charge in [0.05, 0.1) is 11.4 Å². The highest BCUT2D eigenvalue weighted by molar-refractivity contribution is 5.66. The lowest BCUT2D eigenvalue weighted by Crippen LogP contribution is -2.26. The fraction of sp³-hybridized carbons (Fsp3) is 0.400. The Hall–Kier alpha value is -1.18. The van der Waals surface area contributed by atoms with Crippen molar-refractivity contribution in [1.29, 1.82) is 0 Å². The molecule has 0 amide bonds. The van der Waals surface area contributed by atoms with Gasteiger partial charge in [-0.25, -0.2) is 0 Å². The first-order valence-corrected chi connectivity index (χ1v) is 4.12. The first-order chi connectivity index (χ1) is 5.49. The summed E-state index contributed by atoms with van der Waals surface area (Å²) in [7, 11) is 0. The summed E-state index contributed by atoms with van der Waals surface area (Å²) in [5.74, 6) is 0. The van der Waals surface area contributed by atoms with Crippen molar-refractivity contribution in [1.82, 2.24) is 0 Å². The lowest BCUT2D eigenvalue weighted by molar-refractivity contribution is 0.634. The van der Waals surface area contributed by atoms with Gasteiger partial charge in [0.15, 0.2) is 0 Å². The zero-order chi connectivity index (χ0) is 9.19. The van der Waals surface area contributed by atoms with Gasteiger partial charge in [0.25, 0.3) is 0 Å². The molecule has 0 bridgehead atoms. The van der Waals surface area contributed by atoms with Gasteiger partial charge in [-0.2, -0.15) is 0 Å². The highest BCUT2D eigenvalue weighted by atomic mass is 15.0. The third-order valence-electron chi connectivity index (χ3n) is 1.47. The molecule has 2 heteroatoms. The van der Waals surface area contributed by atoms with Crippen LogP contribution in [0.3, 0.4) is 0 Å². The average molecular weight is 164 g/mol. The molecule has 1 aromatic carbocycles. The Morgan fingerprint density at radius 2 is 1.75 bits per heavy atom. The normalized spacial score (nSPS) is 11.2. The van der Waals surface area contributed by atoms with Crippen molar-refractivity contribution < 1.29 is 0 Å². The maximum atomic E-state index is 5.77. The fourth-order valence-corrected chi connectivity index (χ4v) is 1.01. The van der Waals surface area contributed by atoms with Crippen LogP contribution in [0.25, 0.3) is 0 Å². The van der Waals surface area contributed by atoms with E-state index in [2.05, 4.69) is 26.1 Å². The second-order valence-corrected chi connectivity index (χ2v) is 3.96. The third kappa shape index (κ3) is 2.46. The van der Waals surface area contributed by atoms with Gasteiger partial charge in [-0.15, -0.1) is 0 Å². The van der Waals surface area contributed by atoms with Gasteiger partial charge in [0.2, 0.25) is 0 Å². The number of anilines is 2. The summed E-state index contributed by atoms with van der Waals surface area (Å²) < 4.78 is 0. The van der Waals surface area contributed by atoms with E-state index >= 15 is 0 Å². The number of benzene rings is 1. The molecule has 0 saturated carbocycles. The molecule has 66 valence electrons. The van der Waals surface area contributed by atoms with E-state index in [1.165, 1.54) is 0 Å². The molecule has 0 aromatic heterocycles. The molecule has 0 atom stereocenters. The maximum Gasteiger partial charge on any atom is 0.0577 e. The van der Waals surface area contributed by atoms with Gasteiger partial charge in [0.1, 0.15) is 0 Å². The number of nitrogens with two attached hydrogens (primary N) is 1. The Balaban J connectivity index is 2.83. The second kappa shape index (κ2) is 3.05. The molecule has 1 aromatic rings. The minimum Gasteiger partial charge on any atom is -0.397 e. The smallest absolute Gasteiger partial charge is 0.0577 e. The van der Waals surface area contributed by atoms with Crippen molar-refractivity contribution in [3.8, 4) is 0 Å². The number of hydrogen-bond acceptors (Lipinski definition) is 2. The number of rotatable bonds is 1. The first kappa shape index (κ1) is 8.91. The van der Waals surface area contributed by atoms with E-state index in [4.69, 9.17) is 5.73 Å². The minimum atomic E-state index is 0.0650. The highest BCUT2D eigenvalue weighted by Crippen LogP contribution is 2.20. The van der Waals surface area contributed by atoms with Crippen LogP contribution in [0.1, 0.15) is 20.8 Å². The number of nitrogen functional groups attached to an aromatic ring is 1. The van der Waals surface area contributed by atoms with E-state index in [1.807, 2.05) is 24.3 Å². The molecule has 0 aliphatic carbocycles. The molecule has 0 heterocycles. The zero-order valence-corrected chi connectivity index (χ0v) is 7.89. The molecule has 2 nitrogen and oxygen atoms in total. The van der Waals surface area contributed by atoms with Gasteiger partial charge < -0.3 is 11.1 Å². The summed E-state index contributed by atoms with van der Waals surface area (Å²) in [5.41, 5.74) is 7.63. The van der Waals surface area contributed by atoms with Gasteiger partial charge in [-0.1, -0.05) is 12.1 Å². The molecular weight excluding hydrogens is 148 g/mol. The van der Waals surface area contributed by atoms with Crippen LogP contribution in [0.4, 0.5) is 11.4 Å². The lowest BCUT2D eigenvalue weighted by Gasteiger charge is -2.23. The largest absolute Gasteiger partial charge is 0.397 e. The van der Waals surface area contributed by atoms with Crippen molar-refractivity contribution >= 4 is 11.4 Å². The number of nitrogens with one attached hydrogen (secondary N) is 1. The molecule has 12 heavy (non-hydrogen) atoms. The maximum absolute atomic E-state index is 5.77. The standard InChI is InChI=1S/C10H16N2/c1-10(2,3)12-9-7-5-4-6-8(9)11/h4-7,12H,11H2,1-3H3. The van der Waals surface area contributed by atoms with Gasteiger partial charge in [0, 0.05) is 5.54 Å². The Kier molecular flexibility index (Phi) is 2.27. The van der Waals surface area contributed by atoms with Crippen LogP contribution in [0.5, 0.6) is 0 Å². The van der Waals surface area contributed by atoms with Crippen molar-refractivity contribution in [2.45, 2.75) is 26.3 Å². The van der Waals surface area contributed by atoms with Crippen LogP contribution in [0.2, 0.25) is 0 Å². The Labute approximate surface area is 73.8 Å². The van der Waals surface area contributed by atoms with Gasteiger partial charge in [-0.3, -0.25) is 0 Å². The lowest BCUT2D eigenvalue weighted by atomic mass is 10.1. The Bertz CT molecular complexity index is 261. The Morgan fingerprint density at radius 1 is 1.17 bits per heavy atom. The molecule has 0 spiro atoms. The molecular formula is C10H16N2. The van der Waals surface area contributed by atoms with Crippen LogP contribution in [-0.2, 0) is 0 Å².